The molecule has 1 fully saturated rings. The molecular formula is C21H21NO4. The lowest BCUT2D eigenvalue weighted by molar-refractivity contribution is -0.142. The Bertz CT molecular complexity index is 826. The summed E-state index contributed by atoms with van der Waals surface area (Å²) in [4.78, 5) is 26.1. The topological polar surface area (TPSA) is 66.8 Å². The van der Waals surface area contributed by atoms with E-state index in [2.05, 4.69) is 0 Å². The van der Waals surface area contributed by atoms with Crippen molar-refractivity contribution in [2.75, 3.05) is 6.61 Å². The van der Waals surface area contributed by atoms with E-state index in [1.165, 1.54) is 17.7 Å². The van der Waals surface area contributed by atoms with Crippen LogP contribution in [0.1, 0.15) is 34.3 Å². The van der Waals surface area contributed by atoms with Gasteiger partial charge in [-0.1, -0.05) is 24.3 Å². The Kier molecular flexibility index (Phi) is 4.37. The van der Waals surface area contributed by atoms with Crippen LogP contribution in [0.4, 0.5) is 0 Å². The summed E-state index contributed by atoms with van der Waals surface area (Å²) >= 11 is 0. The molecule has 1 saturated carbocycles. The van der Waals surface area contributed by atoms with E-state index >= 15 is 0 Å². The summed E-state index contributed by atoms with van der Waals surface area (Å²) in [7, 11) is 0. The van der Waals surface area contributed by atoms with Gasteiger partial charge in [0, 0.05) is 18.5 Å². The number of hydrogen-bond acceptors (Lipinski definition) is 3. The van der Waals surface area contributed by atoms with Gasteiger partial charge in [0.05, 0.1) is 6.61 Å². The van der Waals surface area contributed by atoms with Crippen molar-refractivity contribution in [1.29, 1.82) is 0 Å². The van der Waals surface area contributed by atoms with E-state index in [1.807, 2.05) is 24.3 Å². The Balaban J connectivity index is 1.52. The van der Waals surface area contributed by atoms with Crippen LogP contribution in [-0.4, -0.2) is 34.5 Å². The van der Waals surface area contributed by atoms with Crippen molar-refractivity contribution >= 4 is 11.9 Å². The van der Waals surface area contributed by atoms with Crippen LogP contribution in [0, 0.1) is 5.92 Å². The summed E-state index contributed by atoms with van der Waals surface area (Å²) < 4.78 is 5.70. The molecule has 1 atom stereocenters. The molecule has 2 aromatic rings. The third-order valence-electron chi connectivity index (χ3n) is 5.08. The van der Waals surface area contributed by atoms with Crippen molar-refractivity contribution in [2.45, 2.75) is 31.8 Å². The Labute approximate surface area is 152 Å². The van der Waals surface area contributed by atoms with Gasteiger partial charge in [-0.15, -0.1) is 0 Å². The monoisotopic (exact) mass is 351 g/mol. The standard InChI is InChI=1S/C21H21NO4/c23-20(15-7-9-18(10-8-15)26-13-14-5-6-14)22-12-17-4-2-1-3-16(17)11-19(22)21(24)25/h1-4,7-10,14,19H,5-6,11-13H2,(H,24,25). The van der Waals surface area contributed by atoms with E-state index < -0.39 is 12.0 Å². The minimum absolute atomic E-state index is 0.263. The minimum Gasteiger partial charge on any atom is -0.493 e. The molecule has 134 valence electrons. The zero-order valence-corrected chi connectivity index (χ0v) is 14.4. The number of ether oxygens (including phenoxy) is 1. The summed E-state index contributed by atoms with van der Waals surface area (Å²) in [6.07, 6.45) is 2.78. The third-order valence-corrected chi connectivity index (χ3v) is 5.08. The first kappa shape index (κ1) is 16.6. The predicted molar refractivity (Wildman–Crippen MR) is 96.1 cm³/mol. The van der Waals surface area contributed by atoms with Crippen molar-refractivity contribution in [2.24, 2.45) is 5.92 Å². The van der Waals surface area contributed by atoms with Crippen LogP contribution in [-0.2, 0) is 17.8 Å². The van der Waals surface area contributed by atoms with Crippen molar-refractivity contribution in [1.82, 2.24) is 4.90 Å². The molecule has 26 heavy (non-hydrogen) atoms. The molecular weight excluding hydrogens is 330 g/mol. The molecule has 0 spiro atoms. The van der Waals surface area contributed by atoms with Crippen molar-refractivity contribution in [3.05, 3.63) is 65.2 Å². The second-order valence-corrected chi connectivity index (χ2v) is 7.04. The molecule has 4 rings (SSSR count). The number of benzene rings is 2. The summed E-state index contributed by atoms with van der Waals surface area (Å²) in [6, 6.07) is 13.8. The Morgan fingerprint density at radius 2 is 1.73 bits per heavy atom. The summed E-state index contributed by atoms with van der Waals surface area (Å²) in [5.74, 6) is 0.172. The van der Waals surface area contributed by atoms with Gasteiger partial charge in [-0.05, 0) is 54.2 Å². The Morgan fingerprint density at radius 1 is 1.04 bits per heavy atom. The molecule has 1 amide bonds. The molecule has 0 radical (unpaired) electrons. The fourth-order valence-corrected chi connectivity index (χ4v) is 3.32. The SMILES string of the molecule is O=C(O)C1Cc2ccccc2CN1C(=O)c1ccc(OCC2CC2)cc1. The minimum atomic E-state index is -0.975. The second kappa shape index (κ2) is 6.83. The number of hydrogen-bond donors (Lipinski definition) is 1. The van der Waals surface area contributed by atoms with Crippen molar-refractivity contribution in [3.63, 3.8) is 0 Å². The average Bonchev–Trinajstić information content (AvgIpc) is 3.49. The number of carboxylic acid groups (broad SMARTS) is 1. The molecule has 2 aromatic carbocycles. The third kappa shape index (κ3) is 3.43. The summed E-state index contributed by atoms with van der Waals surface area (Å²) in [6.45, 7) is 1.03. The quantitative estimate of drug-likeness (QED) is 0.899. The number of carbonyl (C=O) groups excluding carboxylic acids is 1. The molecule has 2 aliphatic rings. The molecule has 0 saturated heterocycles. The van der Waals surface area contributed by atoms with E-state index in [9.17, 15) is 14.7 Å². The zero-order chi connectivity index (χ0) is 18.1. The number of aliphatic carboxylic acids is 1. The molecule has 0 aromatic heterocycles. The Morgan fingerprint density at radius 3 is 2.38 bits per heavy atom. The largest absolute Gasteiger partial charge is 0.493 e. The molecule has 1 unspecified atom stereocenters. The van der Waals surface area contributed by atoms with Crippen LogP contribution in [0.25, 0.3) is 0 Å². The van der Waals surface area contributed by atoms with Gasteiger partial charge >= 0.3 is 5.97 Å². The molecule has 1 aliphatic carbocycles. The van der Waals surface area contributed by atoms with Gasteiger partial charge < -0.3 is 14.7 Å². The van der Waals surface area contributed by atoms with Crippen LogP contribution in [0.2, 0.25) is 0 Å². The van der Waals surface area contributed by atoms with Gasteiger partial charge in [-0.2, -0.15) is 0 Å². The predicted octanol–water partition coefficient (Wildman–Crippen LogP) is 3.13. The average molecular weight is 351 g/mol. The number of carbonyl (C=O) groups is 2. The maximum atomic E-state index is 12.9. The molecule has 0 bridgehead atoms. The first-order valence-corrected chi connectivity index (χ1v) is 8.95. The fraction of sp³-hybridized carbons (Fsp3) is 0.333. The van der Waals surface area contributed by atoms with E-state index in [1.54, 1.807) is 24.3 Å². The van der Waals surface area contributed by atoms with Crippen LogP contribution in [0.3, 0.4) is 0 Å². The fourth-order valence-electron chi connectivity index (χ4n) is 3.32. The number of carboxylic acids is 1. The first-order chi connectivity index (χ1) is 12.6. The number of nitrogens with zero attached hydrogens (tertiary/aromatic N) is 1. The maximum Gasteiger partial charge on any atom is 0.326 e. The van der Waals surface area contributed by atoms with Gasteiger partial charge in [0.15, 0.2) is 0 Å². The molecule has 1 N–H and O–H groups in total. The lowest BCUT2D eigenvalue weighted by atomic mass is 9.93. The molecule has 5 heteroatoms. The zero-order valence-electron chi connectivity index (χ0n) is 14.4. The summed E-state index contributed by atoms with van der Waals surface area (Å²) in [5, 5.41) is 9.59. The van der Waals surface area contributed by atoms with E-state index in [-0.39, 0.29) is 5.91 Å². The van der Waals surface area contributed by atoms with Gasteiger partial charge in [-0.25, -0.2) is 4.79 Å². The van der Waals surface area contributed by atoms with Gasteiger partial charge in [0.2, 0.25) is 0 Å². The smallest absolute Gasteiger partial charge is 0.326 e. The molecule has 1 heterocycles. The van der Waals surface area contributed by atoms with E-state index in [0.29, 0.717) is 24.4 Å². The van der Waals surface area contributed by atoms with Gasteiger partial charge in [-0.3, -0.25) is 4.79 Å². The maximum absolute atomic E-state index is 12.9. The Hall–Kier alpha value is -2.82. The normalized spacial score (nSPS) is 18.9. The summed E-state index contributed by atoms with van der Waals surface area (Å²) in [5.41, 5.74) is 2.48. The van der Waals surface area contributed by atoms with Crippen LogP contribution in [0.5, 0.6) is 5.75 Å². The number of fused-ring (bicyclic) bond motifs is 1. The van der Waals surface area contributed by atoms with E-state index in [0.717, 1.165) is 23.5 Å². The lowest BCUT2D eigenvalue weighted by Gasteiger charge is -2.34. The highest BCUT2D eigenvalue weighted by Crippen LogP contribution is 2.30. The number of rotatable bonds is 5. The number of amides is 1. The van der Waals surface area contributed by atoms with Gasteiger partial charge in [0.1, 0.15) is 11.8 Å². The lowest BCUT2D eigenvalue weighted by Crippen LogP contribution is -2.48. The van der Waals surface area contributed by atoms with Crippen LogP contribution < -0.4 is 4.74 Å². The highest BCUT2D eigenvalue weighted by atomic mass is 16.5. The second-order valence-electron chi connectivity index (χ2n) is 7.04. The van der Waals surface area contributed by atoms with Crippen LogP contribution >= 0.6 is 0 Å². The highest BCUT2D eigenvalue weighted by Gasteiger charge is 2.34. The first-order valence-electron chi connectivity index (χ1n) is 8.95. The van der Waals surface area contributed by atoms with Gasteiger partial charge in [0.25, 0.3) is 5.91 Å². The molecule has 1 aliphatic heterocycles. The molecule has 5 nitrogen and oxygen atoms in total. The van der Waals surface area contributed by atoms with Crippen molar-refractivity contribution < 1.29 is 19.4 Å². The van der Waals surface area contributed by atoms with Crippen molar-refractivity contribution in [3.8, 4) is 5.75 Å². The highest BCUT2D eigenvalue weighted by molar-refractivity contribution is 5.97. The van der Waals surface area contributed by atoms with Crippen LogP contribution in [0.15, 0.2) is 48.5 Å². The van der Waals surface area contributed by atoms with E-state index in [4.69, 9.17) is 4.74 Å².